The highest BCUT2D eigenvalue weighted by molar-refractivity contribution is 5.98. The standard InChI is InChI=1S/C29H39N3O3/c1-5-32(6-2)29(35)25-8-7-9-26(19-25)30-27(33)20-31-16-14-24(15-17-31)28(34)23-12-10-22(11-13-23)18-21(3)4/h7-13,19,21,24H,5-6,14-18,20H2,1-4H3,(H,30,33). The Morgan fingerprint density at radius 3 is 2.23 bits per heavy atom. The minimum absolute atomic E-state index is 0.00744. The number of amides is 2. The van der Waals surface area contributed by atoms with E-state index in [1.165, 1.54) is 5.56 Å². The molecule has 1 N–H and O–H groups in total. The number of nitrogens with zero attached hydrogens (tertiary/aromatic N) is 2. The van der Waals surface area contributed by atoms with E-state index in [1.54, 1.807) is 29.2 Å². The average molecular weight is 478 g/mol. The summed E-state index contributed by atoms with van der Waals surface area (Å²) >= 11 is 0. The van der Waals surface area contributed by atoms with Crippen LogP contribution in [0.25, 0.3) is 0 Å². The quantitative estimate of drug-likeness (QED) is 0.494. The van der Waals surface area contributed by atoms with Crippen LogP contribution >= 0.6 is 0 Å². The van der Waals surface area contributed by atoms with Gasteiger partial charge in [0.1, 0.15) is 0 Å². The first kappa shape index (κ1) is 26.6. The molecule has 0 aromatic heterocycles. The number of carbonyl (C=O) groups excluding carboxylic acids is 3. The maximum atomic E-state index is 13.0. The zero-order valence-electron chi connectivity index (χ0n) is 21.5. The number of benzene rings is 2. The lowest BCUT2D eigenvalue weighted by molar-refractivity contribution is -0.117. The highest BCUT2D eigenvalue weighted by Crippen LogP contribution is 2.23. The second-order valence-corrected chi connectivity index (χ2v) is 9.82. The van der Waals surface area contributed by atoms with Gasteiger partial charge in [0.25, 0.3) is 5.91 Å². The summed E-state index contributed by atoms with van der Waals surface area (Å²) in [5.74, 6) is 0.667. The summed E-state index contributed by atoms with van der Waals surface area (Å²) in [7, 11) is 0. The van der Waals surface area contributed by atoms with E-state index in [9.17, 15) is 14.4 Å². The molecule has 2 aromatic rings. The van der Waals surface area contributed by atoms with Crippen molar-refractivity contribution in [3.63, 3.8) is 0 Å². The molecule has 0 unspecified atom stereocenters. The fourth-order valence-electron chi connectivity index (χ4n) is 4.69. The normalized spacial score (nSPS) is 14.7. The van der Waals surface area contributed by atoms with Gasteiger partial charge in [0.15, 0.2) is 5.78 Å². The Hall–Kier alpha value is -2.99. The minimum Gasteiger partial charge on any atom is -0.339 e. The average Bonchev–Trinajstić information content (AvgIpc) is 2.85. The summed E-state index contributed by atoms with van der Waals surface area (Å²) in [5, 5.41) is 2.92. The van der Waals surface area contributed by atoms with Crippen LogP contribution in [0.3, 0.4) is 0 Å². The highest BCUT2D eigenvalue weighted by atomic mass is 16.2. The monoisotopic (exact) mass is 477 g/mol. The molecule has 0 spiro atoms. The Balaban J connectivity index is 1.48. The van der Waals surface area contributed by atoms with Gasteiger partial charge in [-0.15, -0.1) is 0 Å². The molecule has 1 fully saturated rings. The van der Waals surface area contributed by atoms with Crippen molar-refractivity contribution in [3.05, 3.63) is 65.2 Å². The van der Waals surface area contributed by atoms with Crippen LogP contribution in [0.5, 0.6) is 0 Å². The smallest absolute Gasteiger partial charge is 0.253 e. The van der Waals surface area contributed by atoms with Crippen LogP contribution < -0.4 is 5.32 Å². The molecule has 1 aliphatic heterocycles. The molecule has 1 saturated heterocycles. The van der Waals surface area contributed by atoms with Crippen molar-refractivity contribution in [2.75, 3.05) is 38.0 Å². The van der Waals surface area contributed by atoms with Crippen LogP contribution in [0, 0.1) is 11.8 Å². The van der Waals surface area contributed by atoms with Crippen molar-refractivity contribution in [2.45, 2.75) is 47.0 Å². The summed E-state index contributed by atoms with van der Waals surface area (Å²) in [6, 6.07) is 15.1. The third-order valence-electron chi connectivity index (χ3n) is 6.65. The number of ketones is 1. The van der Waals surface area contributed by atoms with E-state index in [4.69, 9.17) is 0 Å². The van der Waals surface area contributed by atoms with Gasteiger partial charge in [-0.05, 0) is 75.9 Å². The molecule has 0 atom stereocenters. The van der Waals surface area contributed by atoms with Gasteiger partial charge in [-0.1, -0.05) is 44.2 Å². The molecule has 0 bridgehead atoms. The van der Waals surface area contributed by atoms with Crippen molar-refractivity contribution < 1.29 is 14.4 Å². The lowest BCUT2D eigenvalue weighted by Gasteiger charge is -2.30. The molecular formula is C29H39N3O3. The van der Waals surface area contributed by atoms with E-state index in [1.807, 2.05) is 26.0 Å². The molecule has 2 amide bonds. The lowest BCUT2D eigenvalue weighted by atomic mass is 9.88. The van der Waals surface area contributed by atoms with Gasteiger partial charge in [0, 0.05) is 35.8 Å². The third-order valence-corrected chi connectivity index (χ3v) is 6.65. The molecule has 188 valence electrons. The number of rotatable bonds is 10. The van der Waals surface area contributed by atoms with Crippen molar-refractivity contribution in [2.24, 2.45) is 11.8 Å². The van der Waals surface area contributed by atoms with Crippen LogP contribution in [-0.2, 0) is 11.2 Å². The minimum atomic E-state index is -0.108. The molecule has 6 nitrogen and oxygen atoms in total. The molecule has 35 heavy (non-hydrogen) atoms. The second-order valence-electron chi connectivity index (χ2n) is 9.82. The summed E-state index contributed by atoms with van der Waals surface area (Å²) in [5.41, 5.74) is 3.25. The summed E-state index contributed by atoms with van der Waals surface area (Å²) < 4.78 is 0. The predicted octanol–water partition coefficient (Wildman–Crippen LogP) is 4.90. The Bertz CT molecular complexity index is 1000. The Morgan fingerprint density at radius 2 is 1.63 bits per heavy atom. The van der Waals surface area contributed by atoms with Crippen molar-refractivity contribution >= 4 is 23.3 Å². The van der Waals surface area contributed by atoms with E-state index < -0.39 is 0 Å². The molecule has 3 rings (SSSR count). The summed E-state index contributed by atoms with van der Waals surface area (Å²) in [6.45, 7) is 11.3. The largest absolute Gasteiger partial charge is 0.339 e. The summed E-state index contributed by atoms with van der Waals surface area (Å²) in [6.07, 6.45) is 2.53. The molecule has 1 aliphatic rings. The number of piperidine rings is 1. The molecule has 0 radical (unpaired) electrons. The molecular weight excluding hydrogens is 438 g/mol. The van der Waals surface area contributed by atoms with Crippen molar-refractivity contribution in [1.82, 2.24) is 9.80 Å². The topological polar surface area (TPSA) is 69.7 Å². The zero-order chi connectivity index (χ0) is 25.4. The molecule has 2 aromatic carbocycles. The van der Waals surface area contributed by atoms with E-state index in [-0.39, 0.29) is 30.1 Å². The van der Waals surface area contributed by atoms with Gasteiger partial charge < -0.3 is 10.2 Å². The summed E-state index contributed by atoms with van der Waals surface area (Å²) in [4.78, 5) is 42.0. The van der Waals surface area contributed by atoms with Gasteiger partial charge in [0.05, 0.1) is 6.54 Å². The molecule has 6 heteroatoms. The highest BCUT2D eigenvalue weighted by Gasteiger charge is 2.26. The zero-order valence-corrected chi connectivity index (χ0v) is 21.5. The Kier molecular flexibility index (Phi) is 9.61. The SMILES string of the molecule is CCN(CC)C(=O)c1cccc(NC(=O)CN2CCC(C(=O)c3ccc(CC(C)C)cc3)CC2)c1. The number of carbonyl (C=O) groups is 3. The molecule has 0 saturated carbocycles. The van der Waals surface area contributed by atoms with Crippen molar-refractivity contribution in [1.29, 1.82) is 0 Å². The maximum absolute atomic E-state index is 13.0. The van der Waals surface area contributed by atoms with Gasteiger partial charge in [0.2, 0.25) is 5.91 Å². The van der Waals surface area contributed by atoms with Gasteiger partial charge in [-0.25, -0.2) is 0 Å². The first-order valence-electron chi connectivity index (χ1n) is 12.8. The Labute approximate surface area is 209 Å². The number of nitrogens with one attached hydrogen (secondary N) is 1. The fraction of sp³-hybridized carbons (Fsp3) is 0.483. The van der Waals surface area contributed by atoms with E-state index in [2.05, 4.69) is 36.2 Å². The van der Waals surface area contributed by atoms with Crippen LogP contribution in [0.2, 0.25) is 0 Å². The number of likely N-dealkylation sites (tertiary alicyclic amines) is 1. The van der Waals surface area contributed by atoms with Crippen molar-refractivity contribution in [3.8, 4) is 0 Å². The third kappa shape index (κ3) is 7.49. The maximum Gasteiger partial charge on any atom is 0.253 e. The number of hydrogen-bond acceptors (Lipinski definition) is 4. The molecule has 1 heterocycles. The van der Waals surface area contributed by atoms with Gasteiger partial charge in [-0.2, -0.15) is 0 Å². The van der Waals surface area contributed by atoms with Crippen LogP contribution in [0.4, 0.5) is 5.69 Å². The van der Waals surface area contributed by atoms with Crippen LogP contribution in [0.15, 0.2) is 48.5 Å². The lowest BCUT2D eigenvalue weighted by Crippen LogP contribution is -2.40. The number of Topliss-reactive ketones (excluding diaryl/α,β-unsaturated/α-hetero) is 1. The van der Waals surface area contributed by atoms with E-state index in [0.29, 0.717) is 30.3 Å². The number of anilines is 1. The van der Waals surface area contributed by atoms with Crippen LogP contribution in [0.1, 0.15) is 66.8 Å². The van der Waals surface area contributed by atoms with Gasteiger partial charge in [-0.3, -0.25) is 19.3 Å². The van der Waals surface area contributed by atoms with E-state index in [0.717, 1.165) is 37.9 Å². The predicted molar refractivity (Wildman–Crippen MR) is 141 cm³/mol. The van der Waals surface area contributed by atoms with Gasteiger partial charge >= 0.3 is 0 Å². The van der Waals surface area contributed by atoms with E-state index >= 15 is 0 Å². The first-order valence-corrected chi connectivity index (χ1v) is 12.8. The number of hydrogen-bond donors (Lipinski definition) is 1. The van der Waals surface area contributed by atoms with Crippen LogP contribution in [-0.4, -0.2) is 60.1 Å². The second kappa shape index (κ2) is 12.6. The Morgan fingerprint density at radius 1 is 0.971 bits per heavy atom. The fourth-order valence-corrected chi connectivity index (χ4v) is 4.69. The molecule has 0 aliphatic carbocycles. The first-order chi connectivity index (χ1) is 16.8.